The van der Waals surface area contributed by atoms with E-state index in [0.29, 0.717) is 38.6 Å². The summed E-state index contributed by atoms with van der Waals surface area (Å²) in [5.74, 6) is -2.13. The molecule has 0 aromatic carbocycles. The van der Waals surface area contributed by atoms with Gasteiger partial charge < -0.3 is 26.4 Å². The lowest BCUT2D eigenvalue weighted by Gasteiger charge is -2.30. The average Bonchev–Trinajstić information content (AvgIpc) is 3.18. The number of nitrogens with one attached hydrogen (secondary N) is 2. The largest absolute Gasteiger partial charge is 0.480 e. The van der Waals surface area contributed by atoms with Gasteiger partial charge in [-0.3, -0.25) is 14.4 Å². The second-order valence-electron chi connectivity index (χ2n) is 9.83. The van der Waals surface area contributed by atoms with Crippen molar-refractivity contribution in [1.29, 1.82) is 0 Å². The van der Waals surface area contributed by atoms with Gasteiger partial charge in [-0.15, -0.1) is 0 Å². The number of hydrogen-bond acceptors (Lipinski definition) is 5. The molecule has 1 aliphatic rings. The van der Waals surface area contributed by atoms with Crippen LogP contribution >= 0.6 is 0 Å². The Morgan fingerprint density at radius 2 is 1.62 bits per heavy atom. The van der Waals surface area contributed by atoms with Crippen molar-refractivity contribution < 1.29 is 24.3 Å². The quantitative estimate of drug-likeness (QED) is 0.352. The summed E-state index contributed by atoms with van der Waals surface area (Å²) in [7, 11) is 0. The second-order valence-corrected chi connectivity index (χ2v) is 9.83. The summed E-state index contributed by atoms with van der Waals surface area (Å²) in [5.41, 5.74) is 6.06. The predicted octanol–water partition coefficient (Wildman–Crippen LogP) is 1.50. The van der Waals surface area contributed by atoms with Crippen molar-refractivity contribution in [3.8, 4) is 0 Å². The first kappa shape index (κ1) is 27.9. The van der Waals surface area contributed by atoms with Crippen LogP contribution in [0.2, 0.25) is 0 Å². The monoisotopic (exact) mass is 454 g/mol. The lowest BCUT2D eigenvalue weighted by molar-refractivity contribution is -0.144. The molecule has 9 heteroatoms. The van der Waals surface area contributed by atoms with Crippen LogP contribution in [0.3, 0.4) is 0 Å². The Balaban J connectivity index is 2.94. The molecule has 32 heavy (non-hydrogen) atoms. The van der Waals surface area contributed by atoms with Gasteiger partial charge >= 0.3 is 5.97 Å². The zero-order chi connectivity index (χ0) is 24.6. The summed E-state index contributed by atoms with van der Waals surface area (Å²) in [5, 5.41) is 14.8. The minimum atomic E-state index is -1.10. The van der Waals surface area contributed by atoms with Crippen molar-refractivity contribution in [2.75, 3.05) is 6.54 Å². The zero-order valence-corrected chi connectivity index (χ0v) is 20.4. The minimum Gasteiger partial charge on any atom is -0.480 e. The van der Waals surface area contributed by atoms with Crippen LogP contribution in [-0.2, 0) is 19.2 Å². The maximum atomic E-state index is 13.1. The fraction of sp³-hybridized carbons (Fsp3) is 0.826. The molecule has 5 atom stereocenters. The Bertz CT molecular complexity index is 667. The van der Waals surface area contributed by atoms with Crippen molar-refractivity contribution in [3.05, 3.63) is 0 Å². The van der Waals surface area contributed by atoms with E-state index in [9.17, 15) is 24.3 Å². The van der Waals surface area contributed by atoms with E-state index in [4.69, 9.17) is 5.73 Å². The Labute approximate surface area is 191 Å². The van der Waals surface area contributed by atoms with Crippen LogP contribution in [0.15, 0.2) is 0 Å². The number of rotatable bonds is 12. The van der Waals surface area contributed by atoms with Gasteiger partial charge in [0.05, 0.1) is 6.04 Å². The van der Waals surface area contributed by atoms with E-state index in [-0.39, 0.29) is 23.7 Å². The third-order valence-electron chi connectivity index (χ3n) is 6.00. The van der Waals surface area contributed by atoms with Crippen LogP contribution in [-0.4, -0.2) is 64.4 Å². The summed E-state index contributed by atoms with van der Waals surface area (Å²) >= 11 is 0. The first-order valence-electron chi connectivity index (χ1n) is 11.8. The number of carboxylic acid groups (broad SMARTS) is 1. The molecule has 3 amide bonds. The van der Waals surface area contributed by atoms with Gasteiger partial charge in [0.1, 0.15) is 18.1 Å². The highest BCUT2D eigenvalue weighted by Crippen LogP contribution is 2.21. The summed E-state index contributed by atoms with van der Waals surface area (Å²) in [6, 6.07) is -3.25. The molecule has 1 rings (SSSR count). The number of hydrogen-bond donors (Lipinski definition) is 4. The molecule has 0 aromatic heterocycles. The van der Waals surface area contributed by atoms with E-state index >= 15 is 0 Å². The summed E-state index contributed by atoms with van der Waals surface area (Å²) in [6.07, 6.45) is 2.64. The van der Waals surface area contributed by atoms with Gasteiger partial charge in [-0.25, -0.2) is 4.79 Å². The van der Waals surface area contributed by atoms with Gasteiger partial charge in [0, 0.05) is 6.54 Å². The smallest absolute Gasteiger partial charge is 0.326 e. The zero-order valence-electron chi connectivity index (χ0n) is 20.4. The van der Waals surface area contributed by atoms with Gasteiger partial charge in [0.15, 0.2) is 0 Å². The van der Waals surface area contributed by atoms with E-state index in [1.165, 1.54) is 4.90 Å². The number of carbonyl (C=O) groups excluding carboxylic acids is 3. The van der Waals surface area contributed by atoms with Gasteiger partial charge in [-0.2, -0.15) is 0 Å². The highest BCUT2D eigenvalue weighted by atomic mass is 16.4. The number of aliphatic carboxylic acids is 1. The standard InChI is InChI=1S/C23H42N4O5/c1-7-15(6)19(21(29)25-17(23(31)32)12-14(4)5)26-20(28)18-9-8-10-27(18)22(30)16(24)11-13(2)3/h13-19H,7-12,24H2,1-6H3,(H,25,29)(H,26,28)(H,31,32). The van der Waals surface area contributed by atoms with Gasteiger partial charge in [0.25, 0.3) is 0 Å². The predicted molar refractivity (Wildman–Crippen MR) is 123 cm³/mol. The van der Waals surface area contributed by atoms with Crippen molar-refractivity contribution in [2.45, 2.75) is 97.8 Å². The van der Waals surface area contributed by atoms with Crippen molar-refractivity contribution in [3.63, 3.8) is 0 Å². The van der Waals surface area contributed by atoms with Crippen molar-refractivity contribution >= 4 is 23.7 Å². The van der Waals surface area contributed by atoms with Gasteiger partial charge in [-0.05, 0) is 43.4 Å². The first-order valence-corrected chi connectivity index (χ1v) is 11.8. The summed E-state index contributed by atoms with van der Waals surface area (Å²) in [4.78, 5) is 51.9. The fourth-order valence-electron chi connectivity index (χ4n) is 4.03. The van der Waals surface area contributed by atoms with Gasteiger partial charge in [-0.1, -0.05) is 48.0 Å². The van der Waals surface area contributed by atoms with Crippen LogP contribution < -0.4 is 16.4 Å². The van der Waals surface area contributed by atoms with E-state index in [2.05, 4.69) is 10.6 Å². The maximum Gasteiger partial charge on any atom is 0.326 e. The molecule has 0 aromatic rings. The van der Waals surface area contributed by atoms with E-state index in [1.807, 2.05) is 41.5 Å². The van der Waals surface area contributed by atoms with Crippen LogP contribution in [0.4, 0.5) is 0 Å². The number of nitrogens with zero attached hydrogens (tertiary/aromatic N) is 1. The number of carboxylic acids is 1. The number of carbonyl (C=O) groups is 4. The molecule has 0 saturated carbocycles. The minimum absolute atomic E-state index is 0.0844. The third-order valence-corrected chi connectivity index (χ3v) is 6.00. The highest BCUT2D eigenvalue weighted by Gasteiger charge is 2.38. The van der Waals surface area contributed by atoms with Crippen LogP contribution in [0, 0.1) is 17.8 Å². The van der Waals surface area contributed by atoms with Crippen LogP contribution in [0.1, 0.15) is 73.6 Å². The second kappa shape index (κ2) is 12.8. The van der Waals surface area contributed by atoms with E-state index in [0.717, 1.165) is 0 Å². The van der Waals surface area contributed by atoms with Crippen molar-refractivity contribution in [1.82, 2.24) is 15.5 Å². The summed E-state index contributed by atoms with van der Waals surface area (Å²) < 4.78 is 0. The molecule has 9 nitrogen and oxygen atoms in total. The van der Waals surface area contributed by atoms with Crippen LogP contribution in [0.25, 0.3) is 0 Å². The molecular weight excluding hydrogens is 412 g/mol. The molecule has 1 heterocycles. The molecule has 0 aliphatic carbocycles. The number of likely N-dealkylation sites (tertiary alicyclic amines) is 1. The Hall–Kier alpha value is -2.16. The molecular formula is C23H42N4O5. The molecule has 5 N–H and O–H groups in total. The Morgan fingerprint density at radius 3 is 2.12 bits per heavy atom. The maximum absolute atomic E-state index is 13.1. The highest BCUT2D eigenvalue weighted by molar-refractivity contribution is 5.94. The van der Waals surface area contributed by atoms with E-state index < -0.39 is 42.0 Å². The fourth-order valence-corrected chi connectivity index (χ4v) is 4.03. The van der Waals surface area contributed by atoms with Crippen LogP contribution in [0.5, 0.6) is 0 Å². The lowest BCUT2D eigenvalue weighted by Crippen LogP contribution is -2.58. The Kier molecular flexibility index (Phi) is 11.1. The molecule has 0 spiro atoms. The molecule has 1 aliphatic heterocycles. The molecule has 5 unspecified atom stereocenters. The van der Waals surface area contributed by atoms with E-state index in [1.54, 1.807) is 0 Å². The SMILES string of the molecule is CCC(C)C(NC(=O)C1CCCN1C(=O)C(N)CC(C)C)C(=O)NC(CC(C)C)C(=O)O. The molecule has 1 fully saturated rings. The number of nitrogens with two attached hydrogens (primary N) is 1. The third kappa shape index (κ3) is 8.07. The normalized spacial score (nSPS) is 20.0. The Morgan fingerprint density at radius 1 is 1.03 bits per heavy atom. The topological polar surface area (TPSA) is 142 Å². The van der Waals surface area contributed by atoms with Crippen molar-refractivity contribution in [2.24, 2.45) is 23.5 Å². The number of amides is 3. The molecule has 0 radical (unpaired) electrons. The average molecular weight is 455 g/mol. The van der Waals surface area contributed by atoms with Gasteiger partial charge in [0.2, 0.25) is 17.7 Å². The first-order chi connectivity index (χ1) is 14.9. The lowest BCUT2D eigenvalue weighted by atomic mass is 9.96. The molecule has 1 saturated heterocycles. The summed E-state index contributed by atoms with van der Waals surface area (Å²) in [6.45, 7) is 11.9. The molecule has 184 valence electrons. The molecule has 0 bridgehead atoms.